The van der Waals surface area contributed by atoms with Gasteiger partial charge in [0.2, 0.25) is 0 Å². The largest absolute Gasteiger partial charge is 0.364 e. The van der Waals surface area contributed by atoms with Gasteiger partial charge in [-0.3, -0.25) is 9.59 Å². The molecule has 138 valence electrons. The molecule has 0 aliphatic carbocycles. The summed E-state index contributed by atoms with van der Waals surface area (Å²) in [5, 5.41) is 0. The first-order valence-electron chi connectivity index (χ1n) is 9.54. The quantitative estimate of drug-likeness (QED) is 0.772. The van der Waals surface area contributed by atoms with Crippen LogP contribution < -0.4 is 9.80 Å². The lowest BCUT2D eigenvalue weighted by Gasteiger charge is -2.38. The number of carbonyl (C=O) groups excluding carboxylic acids is 2. The van der Waals surface area contributed by atoms with Gasteiger partial charge in [0.1, 0.15) is 0 Å². The van der Waals surface area contributed by atoms with Crippen LogP contribution in [-0.2, 0) is 9.59 Å². The maximum Gasteiger partial charge on any atom is 0.263 e. The molecule has 4 nitrogen and oxygen atoms in total. The van der Waals surface area contributed by atoms with Crippen LogP contribution in [0.25, 0.3) is 0 Å². The van der Waals surface area contributed by atoms with Crippen LogP contribution in [0.5, 0.6) is 0 Å². The van der Waals surface area contributed by atoms with Crippen LogP contribution in [-0.4, -0.2) is 24.4 Å². The van der Waals surface area contributed by atoms with Crippen LogP contribution in [0.15, 0.2) is 60.2 Å². The molecule has 1 saturated heterocycles. The summed E-state index contributed by atoms with van der Waals surface area (Å²) in [5.41, 5.74) is 4.80. The van der Waals surface area contributed by atoms with Crippen LogP contribution >= 0.6 is 0 Å². The fourth-order valence-electron chi connectivity index (χ4n) is 4.23. The third-order valence-electron chi connectivity index (χ3n) is 5.36. The van der Waals surface area contributed by atoms with E-state index in [-0.39, 0.29) is 17.9 Å². The van der Waals surface area contributed by atoms with Gasteiger partial charge in [-0.2, -0.15) is 0 Å². The number of aryl methyl sites for hydroxylation is 2. The predicted molar refractivity (Wildman–Crippen MR) is 108 cm³/mol. The van der Waals surface area contributed by atoms with Crippen LogP contribution in [0.3, 0.4) is 0 Å². The molecule has 0 bridgehead atoms. The predicted octanol–water partition coefficient (Wildman–Crippen LogP) is 4.16. The zero-order valence-corrected chi connectivity index (χ0v) is 15.8. The van der Waals surface area contributed by atoms with E-state index in [2.05, 4.69) is 36.9 Å². The van der Waals surface area contributed by atoms with Gasteiger partial charge in [0, 0.05) is 23.9 Å². The van der Waals surface area contributed by atoms with E-state index in [1.165, 1.54) is 16.0 Å². The van der Waals surface area contributed by atoms with Crippen molar-refractivity contribution in [1.29, 1.82) is 0 Å². The van der Waals surface area contributed by atoms with Crippen molar-refractivity contribution in [2.24, 2.45) is 0 Å². The molecule has 4 heteroatoms. The minimum Gasteiger partial charge on any atom is -0.364 e. The third kappa shape index (κ3) is 3.27. The van der Waals surface area contributed by atoms with E-state index in [1.807, 2.05) is 18.2 Å². The highest BCUT2D eigenvalue weighted by Crippen LogP contribution is 2.34. The molecule has 2 aromatic carbocycles. The molecule has 27 heavy (non-hydrogen) atoms. The van der Waals surface area contributed by atoms with Gasteiger partial charge in [-0.05, 0) is 68.5 Å². The highest BCUT2D eigenvalue weighted by Gasteiger charge is 2.39. The Morgan fingerprint density at radius 3 is 2.30 bits per heavy atom. The number of amides is 2. The van der Waals surface area contributed by atoms with Crippen LogP contribution in [0.1, 0.15) is 30.4 Å². The molecule has 1 atom stereocenters. The minimum absolute atomic E-state index is 0.0508. The van der Waals surface area contributed by atoms with Crippen LogP contribution in [0.2, 0.25) is 0 Å². The number of benzene rings is 2. The van der Waals surface area contributed by atoms with Crippen molar-refractivity contribution in [2.75, 3.05) is 16.3 Å². The molecule has 0 radical (unpaired) electrons. The van der Waals surface area contributed by atoms with Crippen LogP contribution in [0, 0.1) is 13.8 Å². The maximum atomic E-state index is 13.1. The number of para-hydroxylation sites is 1. The first-order chi connectivity index (χ1) is 13.0. The van der Waals surface area contributed by atoms with E-state index in [1.54, 1.807) is 18.2 Å². The lowest BCUT2D eigenvalue weighted by atomic mass is 9.93. The first kappa shape index (κ1) is 17.5. The molecular formula is C23H24N2O2. The van der Waals surface area contributed by atoms with E-state index < -0.39 is 0 Å². The monoisotopic (exact) mass is 360 g/mol. The van der Waals surface area contributed by atoms with Crippen molar-refractivity contribution in [3.05, 3.63) is 71.3 Å². The number of hydrogen-bond donors (Lipinski definition) is 0. The molecule has 2 aromatic rings. The summed E-state index contributed by atoms with van der Waals surface area (Å²) in [6, 6.07) is 15.6. The topological polar surface area (TPSA) is 40.6 Å². The molecule has 2 aliphatic rings. The number of imide groups is 1. The van der Waals surface area contributed by atoms with E-state index in [0.717, 1.165) is 31.5 Å². The highest BCUT2D eigenvalue weighted by atomic mass is 16.2. The number of nitrogens with zero attached hydrogens (tertiary/aromatic N) is 2. The summed E-state index contributed by atoms with van der Waals surface area (Å²) in [7, 11) is 0. The fourth-order valence-corrected chi connectivity index (χ4v) is 4.23. The van der Waals surface area contributed by atoms with E-state index in [4.69, 9.17) is 0 Å². The van der Waals surface area contributed by atoms with E-state index in [0.29, 0.717) is 11.3 Å². The number of carbonyl (C=O) groups is 2. The summed E-state index contributed by atoms with van der Waals surface area (Å²) in [5.74, 6) is -0.431. The normalized spacial score (nSPS) is 20.2. The molecule has 2 amide bonds. The van der Waals surface area contributed by atoms with Gasteiger partial charge in [-0.15, -0.1) is 0 Å². The lowest BCUT2D eigenvalue weighted by Crippen LogP contribution is -2.44. The second kappa shape index (κ2) is 7.03. The molecule has 2 aliphatic heterocycles. The van der Waals surface area contributed by atoms with Crippen molar-refractivity contribution in [3.8, 4) is 0 Å². The minimum atomic E-state index is -0.243. The fraction of sp³-hybridized carbons (Fsp3) is 0.304. The Hall–Kier alpha value is -2.88. The Bertz CT molecular complexity index is 897. The van der Waals surface area contributed by atoms with Gasteiger partial charge in [0.05, 0.1) is 11.7 Å². The molecule has 1 fully saturated rings. The molecule has 0 aromatic heterocycles. The highest BCUT2D eigenvalue weighted by molar-refractivity contribution is 6.31. The molecule has 0 spiro atoms. The van der Waals surface area contributed by atoms with Crippen molar-refractivity contribution in [2.45, 2.75) is 39.2 Å². The molecule has 0 N–H and O–H groups in total. The van der Waals surface area contributed by atoms with Crippen molar-refractivity contribution < 1.29 is 9.59 Å². The standard InChI is InChI=1S/C23H24N2O2/c1-16-12-17(2)14-19(13-16)24-11-7-6-10-21(24)20-15-22(26)25(23(20)27)18-8-4-3-5-9-18/h3-5,8-9,12-15,21H,6-7,10-11H2,1-2H3. The summed E-state index contributed by atoms with van der Waals surface area (Å²) in [4.78, 5) is 29.3. The zero-order chi connectivity index (χ0) is 19.0. The van der Waals surface area contributed by atoms with Gasteiger partial charge < -0.3 is 4.90 Å². The molecule has 1 unspecified atom stereocenters. The Kier molecular flexibility index (Phi) is 4.56. The van der Waals surface area contributed by atoms with E-state index in [9.17, 15) is 9.59 Å². The van der Waals surface area contributed by atoms with Crippen molar-refractivity contribution in [1.82, 2.24) is 0 Å². The average Bonchev–Trinajstić information content (AvgIpc) is 2.96. The Labute approximate surface area is 160 Å². The molecular weight excluding hydrogens is 336 g/mol. The first-order valence-corrected chi connectivity index (χ1v) is 9.54. The number of piperidine rings is 1. The lowest BCUT2D eigenvalue weighted by molar-refractivity contribution is -0.120. The van der Waals surface area contributed by atoms with Gasteiger partial charge in [-0.25, -0.2) is 4.90 Å². The Balaban J connectivity index is 1.67. The smallest absolute Gasteiger partial charge is 0.263 e. The van der Waals surface area contributed by atoms with Gasteiger partial charge in [0.15, 0.2) is 0 Å². The van der Waals surface area contributed by atoms with Gasteiger partial charge >= 0.3 is 0 Å². The Morgan fingerprint density at radius 2 is 1.59 bits per heavy atom. The molecule has 0 saturated carbocycles. The number of hydrogen-bond acceptors (Lipinski definition) is 3. The second-order valence-electron chi connectivity index (χ2n) is 7.46. The summed E-state index contributed by atoms with van der Waals surface area (Å²) >= 11 is 0. The average molecular weight is 360 g/mol. The van der Waals surface area contributed by atoms with E-state index >= 15 is 0 Å². The summed E-state index contributed by atoms with van der Waals surface area (Å²) in [6.45, 7) is 5.09. The van der Waals surface area contributed by atoms with Gasteiger partial charge in [0.25, 0.3) is 11.8 Å². The third-order valence-corrected chi connectivity index (χ3v) is 5.36. The summed E-state index contributed by atoms with van der Waals surface area (Å²) in [6.07, 6.45) is 4.60. The Morgan fingerprint density at radius 1 is 0.889 bits per heavy atom. The zero-order valence-electron chi connectivity index (χ0n) is 15.8. The number of rotatable bonds is 3. The molecule has 4 rings (SSSR count). The van der Waals surface area contributed by atoms with Gasteiger partial charge in [-0.1, -0.05) is 24.3 Å². The second-order valence-corrected chi connectivity index (χ2v) is 7.46. The summed E-state index contributed by atoms with van der Waals surface area (Å²) < 4.78 is 0. The SMILES string of the molecule is Cc1cc(C)cc(N2CCCCC2C2=CC(=O)N(c3ccccc3)C2=O)c1. The maximum absolute atomic E-state index is 13.1. The van der Waals surface area contributed by atoms with Crippen molar-refractivity contribution in [3.63, 3.8) is 0 Å². The number of anilines is 2. The molecule has 2 heterocycles. The van der Waals surface area contributed by atoms with Crippen molar-refractivity contribution >= 4 is 23.2 Å². The van der Waals surface area contributed by atoms with Crippen LogP contribution in [0.4, 0.5) is 11.4 Å².